The summed E-state index contributed by atoms with van der Waals surface area (Å²) in [4.78, 5) is 29.8. The van der Waals surface area contributed by atoms with E-state index in [1.807, 2.05) is 30.3 Å². The molecule has 0 radical (unpaired) electrons. The Hall–Kier alpha value is -3.32. The van der Waals surface area contributed by atoms with Crippen LogP contribution in [-0.2, 0) is 9.53 Å². The van der Waals surface area contributed by atoms with Gasteiger partial charge in [-0.1, -0.05) is 42.5 Å². The third kappa shape index (κ3) is 4.48. The zero-order valence-corrected chi connectivity index (χ0v) is 18.9. The minimum Gasteiger partial charge on any atom is -0.466 e. The van der Waals surface area contributed by atoms with E-state index in [1.54, 1.807) is 0 Å². The Bertz CT molecular complexity index is 1030. The highest BCUT2D eigenvalue weighted by Gasteiger charge is 2.34. The zero-order chi connectivity index (χ0) is 22.7. The number of methoxy groups -OCH3 is 1. The number of rotatable bonds is 5. The average molecular weight is 435 g/mol. The highest BCUT2D eigenvalue weighted by atomic mass is 16.5. The first-order valence-corrected chi connectivity index (χ1v) is 10.9. The Labute approximate surface area is 189 Å². The van der Waals surface area contributed by atoms with E-state index in [4.69, 9.17) is 4.74 Å². The summed E-state index contributed by atoms with van der Waals surface area (Å²) in [6.45, 7) is 8.24. The molecule has 2 aliphatic heterocycles. The average Bonchev–Trinajstić information content (AvgIpc) is 2.81. The van der Waals surface area contributed by atoms with Crippen LogP contribution in [0.15, 0.2) is 59.8 Å². The number of esters is 1. The maximum Gasteiger partial charge on any atom is 0.338 e. The number of carbonyl (C=O) groups excluding carboxylic acids is 2. The maximum atomic E-state index is 12.7. The first-order valence-electron chi connectivity index (χ1n) is 10.9. The van der Waals surface area contributed by atoms with Crippen LogP contribution in [0.2, 0.25) is 0 Å². The molecule has 2 heterocycles. The first-order chi connectivity index (χ1) is 15.5. The predicted octanol–water partition coefficient (Wildman–Crippen LogP) is 2.91. The Morgan fingerprint density at radius 1 is 1.03 bits per heavy atom. The van der Waals surface area contributed by atoms with E-state index in [0.29, 0.717) is 17.8 Å². The van der Waals surface area contributed by atoms with Gasteiger partial charge in [0.05, 0.1) is 18.7 Å². The van der Waals surface area contributed by atoms with Gasteiger partial charge in [-0.05, 0) is 36.6 Å². The van der Waals surface area contributed by atoms with Crippen molar-refractivity contribution in [2.75, 3.05) is 44.7 Å². The van der Waals surface area contributed by atoms with Gasteiger partial charge in [-0.3, -0.25) is 4.90 Å². The summed E-state index contributed by atoms with van der Waals surface area (Å²) >= 11 is 0. The Kier molecular flexibility index (Phi) is 6.46. The highest BCUT2D eigenvalue weighted by Crippen LogP contribution is 2.29. The van der Waals surface area contributed by atoms with Gasteiger partial charge in [0.25, 0.3) is 0 Å². The maximum absolute atomic E-state index is 12.7. The second kappa shape index (κ2) is 9.44. The van der Waals surface area contributed by atoms with Crippen LogP contribution >= 0.6 is 0 Å². The van der Waals surface area contributed by atoms with Crippen molar-refractivity contribution in [1.29, 1.82) is 0 Å². The van der Waals surface area contributed by atoms with Crippen molar-refractivity contribution >= 4 is 17.7 Å². The summed E-state index contributed by atoms with van der Waals surface area (Å²) in [5.41, 5.74) is 5.79. The summed E-state index contributed by atoms with van der Waals surface area (Å²) in [6, 6.07) is 15.1. The molecule has 1 atom stereocenters. The van der Waals surface area contributed by atoms with Gasteiger partial charge in [0.1, 0.15) is 0 Å². The van der Waals surface area contributed by atoms with Gasteiger partial charge in [-0.25, -0.2) is 9.59 Å². The minimum absolute atomic E-state index is 0.310. The molecule has 2 aromatic carbocycles. The minimum atomic E-state index is -0.538. The predicted molar refractivity (Wildman–Crippen MR) is 124 cm³/mol. The molecule has 0 spiro atoms. The fourth-order valence-electron chi connectivity index (χ4n) is 4.44. The van der Waals surface area contributed by atoms with Gasteiger partial charge in [-0.2, -0.15) is 0 Å². The van der Waals surface area contributed by atoms with Crippen molar-refractivity contribution in [3.05, 3.63) is 76.5 Å². The van der Waals surface area contributed by atoms with Crippen molar-refractivity contribution in [1.82, 2.24) is 15.5 Å². The number of urea groups is 1. The largest absolute Gasteiger partial charge is 0.466 e. The second-order valence-corrected chi connectivity index (χ2v) is 8.31. The third-order valence-corrected chi connectivity index (χ3v) is 6.36. The Morgan fingerprint density at radius 2 is 1.75 bits per heavy atom. The van der Waals surface area contributed by atoms with Crippen LogP contribution in [0, 0.1) is 13.8 Å². The number of nitrogens with zero attached hydrogens (tertiary/aromatic N) is 2. The normalized spacial score (nSPS) is 19.4. The standard InChI is InChI=1S/C25H30N4O3/c1-17-8-7-11-21(18(17)2)29-14-12-28(13-15-29)16-20-22(24(30)32-3)23(27-25(31)26-20)19-9-5-4-6-10-19/h4-11,23H,12-16H2,1-3H3,(H2,26,27,31). The molecular formula is C25H30N4O3. The monoisotopic (exact) mass is 434 g/mol. The van der Waals surface area contributed by atoms with Crippen molar-refractivity contribution < 1.29 is 14.3 Å². The lowest BCUT2D eigenvalue weighted by Crippen LogP contribution is -2.51. The molecule has 1 unspecified atom stereocenters. The Morgan fingerprint density at radius 3 is 2.44 bits per heavy atom. The van der Waals surface area contributed by atoms with Crippen molar-refractivity contribution in [3.8, 4) is 0 Å². The van der Waals surface area contributed by atoms with Gasteiger partial charge in [0.2, 0.25) is 0 Å². The van der Waals surface area contributed by atoms with Crippen LogP contribution < -0.4 is 15.5 Å². The van der Waals surface area contributed by atoms with Gasteiger partial charge in [0, 0.05) is 44.1 Å². The van der Waals surface area contributed by atoms with Crippen LogP contribution in [0.5, 0.6) is 0 Å². The number of hydrogen-bond donors (Lipinski definition) is 2. The molecule has 0 aliphatic carbocycles. The molecule has 2 amide bonds. The fraction of sp³-hybridized carbons (Fsp3) is 0.360. The quantitative estimate of drug-likeness (QED) is 0.708. The molecule has 2 N–H and O–H groups in total. The number of piperazine rings is 1. The lowest BCUT2D eigenvalue weighted by molar-refractivity contribution is -0.136. The molecule has 1 saturated heterocycles. The summed E-state index contributed by atoms with van der Waals surface area (Å²) < 4.78 is 5.08. The SMILES string of the molecule is COC(=O)C1=C(CN2CCN(c3cccc(C)c3C)CC2)NC(=O)NC1c1ccccc1. The molecule has 2 aliphatic rings. The van der Waals surface area contributed by atoms with Crippen LogP contribution in [0.4, 0.5) is 10.5 Å². The molecule has 7 heteroatoms. The smallest absolute Gasteiger partial charge is 0.338 e. The van der Waals surface area contributed by atoms with E-state index in [1.165, 1.54) is 23.9 Å². The second-order valence-electron chi connectivity index (χ2n) is 8.31. The molecule has 0 aromatic heterocycles. The van der Waals surface area contributed by atoms with Crippen LogP contribution in [0.1, 0.15) is 22.7 Å². The van der Waals surface area contributed by atoms with Gasteiger partial charge in [-0.15, -0.1) is 0 Å². The topological polar surface area (TPSA) is 73.9 Å². The molecular weight excluding hydrogens is 404 g/mol. The molecule has 2 aromatic rings. The molecule has 32 heavy (non-hydrogen) atoms. The first kappa shape index (κ1) is 21.9. The van der Waals surface area contributed by atoms with Gasteiger partial charge >= 0.3 is 12.0 Å². The van der Waals surface area contributed by atoms with E-state index in [-0.39, 0.29) is 6.03 Å². The van der Waals surface area contributed by atoms with Gasteiger partial charge in [0.15, 0.2) is 0 Å². The number of hydrogen-bond acceptors (Lipinski definition) is 5. The van der Waals surface area contributed by atoms with Gasteiger partial charge < -0.3 is 20.3 Å². The third-order valence-electron chi connectivity index (χ3n) is 6.36. The lowest BCUT2D eigenvalue weighted by atomic mass is 9.95. The molecule has 168 valence electrons. The molecule has 0 bridgehead atoms. The van der Waals surface area contributed by atoms with E-state index in [0.717, 1.165) is 31.7 Å². The van der Waals surface area contributed by atoms with E-state index >= 15 is 0 Å². The van der Waals surface area contributed by atoms with E-state index in [9.17, 15) is 9.59 Å². The van der Waals surface area contributed by atoms with Crippen molar-refractivity contribution in [3.63, 3.8) is 0 Å². The van der Waals surface area contributed by atoms with E-state index in [2.05, 4.69) is 52.5 Å². The van der Waals surface area contributed by atoms with Crippen LogP contribution in [0.3, 0.4) is 0 Å². The number of nitrogens with one attached hydrogen (secondary N) is 2. The summed E-state index contributed by atoms with van der Waals surface area (Å²) in [5.74, 6) is -0.435. The van der Waals surface area contributed by atoms with E-state index < -0.39 is 12.0 Å². The van der Waals surface area contributed by atoms with Crippen LogP contribution in [-0.4, -0.2) is 56.7 Å². The highest BCUT2D eigenvalue weighted by molar-refractivity contribution is 5.95. The summed E-state index contributed by atoms with van der Waals surface area (Å²) in [6.07, 6.45) is 0. The van der Waals surface area contributed by atoms with Crippen LogP contribution in [0.25, 0.3) is 0 Å². The molecule has 4 rings (SSSR count). The molecule has 1 fully saturated rings. The van der Waals surface area contributed by atoms with Crippen molar-refractivity contribution in [2.24, 2.45) is 0 Å². The molecule has 0 saturated carbocycles. The fourth-order valence-corrected chi connectivity index (χ4v) is 4.44. The zero-order valence-electron chi connectivity index (χ0n) is 18.9. The summed E-state index contributed by atoms with van der Waals surface area (Å²) in [5, 5.41) is 5.73. The summed E-state index contributed by atoms with van der Waals surface area (Å²) in [7, 11) is 1.37. The number of ether oxygens (including phenoxy) is 1. The molecule has 7 nitrogen and oxygen atoms in total. The number of anilines is 1. The lowest BCUT2D eigenvalue weighted by Gasteiger charge is -2.38. The number of amides is 2. The van der Waals surface area contributed by atoms with Crippen molar-refractivity contribution in [2.45, 2.75) is 19.9 Å². The number of benzene rings is 2. The number of carbonyl (C=O) groups is 2. The number of aryl methyl sites for hydroxylation is 1. The Balaban J connectivity index is 1.54.